The van der Waals surface area contributed by atoms with Crippen LogP contribution in [0.4, 0.5) is 11.4 Å². The Balaban J connectivity index is 2.01. The number of sulfonamides is 1. The Labute approximate surface area is 150 Å². The molecule has 1 heterocycles. The summed E-state index contributed by atoms with van der Waals surface area (Å²) in [5, 5.41) is 2.70. The van der Waals surface area contributed by atoms with E-state index in [1.54, 1.807) is 19.2 Å². The molecule has 140 valence electrons. The van der Waals surface area contributed by atoms with Crippen molar-refractivity contribution < 1.29 is 17.9 Å². The van der Waals surface area contributed by atoms with Gasteiger partial charge < -0.3 is 15.0 Å². The molecule has 8 heteroatoms. The molecule has 0 aliphatic carbocycles. The van der Waals surface area contributed by atoms with Gasteiger partial charge in [0.25, 0.3) is 0 Å². The van der Waals surface area contributed by atoms with Gasteiger partial charge in [-0.3, -0.25) is 9.10 Å². The predicted octanol–water partition coefficient (Wildman–Crippen LogP) is 1.21. The maximum atomic E-state index is 12.1. The average molecular weight is 369 g/mol. The van der Waals surface area contributed by atoms with Gasteiger partial charge in [0.05, 0.1) is 18.6 Å². The van der Waals surface area contributed by atoms with Crippen LogP contribution in [0.25, 0.3) is 0 Å². The van der Waals surface area contributed by atoms with Crippen LogP contribution in [0.5, 0.6) is 0 Å². The molecule has 25 heavy (non-hydrogen) atoms. The second kappa shape index (κ2) is 9.05. The third kappa shape index (κ3) is 5.89. The van der Waals surface area contributed by atoms with E-state index in [2.05, 4.69) is 10.2 Å². The average Bonchev–Trinajstić information content (AvgIpc) is 3.09. The summed E-state index contributed by atoms with van der Waals surface area (Å²) in [6.07, 6.45) is 3.64. The standard InChI is InChI=1S/C17H27N3O4S/c1-24-14-10-18-17(21)9-13-20(25(2,22)23)16-7-5-15(6-8-16)19-11-3-4-12-19/h5-8H,3-4,9-14H2,1-2H3,(H,18,21). The van der Waals surface area contributed by atoms with Gasteiger partial charge in [0, 0.05) is 45.4 Å². The van der Waals surface area contributed by atoms with Crippen molar-refractivity contribution in [2.24, 2.45) is 0 Å². The number of benzene rings is 1. The molecule has 0 radical (unpaired) electrons. The number of rotatable bonds is 9. The van der Waals surface area contributed by atoms with E-state index in [4.69, 9.17) is 4.74 Å². The zero-order valence-corrected chi connectivity index (χ0v) is 15.7. The zero-order valence-electron chi connectivity index (χ0n) is 14.9. The highest BCUT2D eigenvalue weighted by molar-refractivity contribution is 7.92. The summed E-state index contributed by atoms with van der Waals surface area (Å²) in [5.74, 6) is -0.195. The smallest absolute Gasteiger partial charge is 0.232 e. The molecule has 0 saturated carbocycles. The molecule has 0 spiro atoms. The summed E-state index contributed by atoms with van der Waals surface area (Å²) >= 11 is 0. The molecule has 2 rings (SSSR count). The van der Waals surface area contributed by atoms with Gasteiger partial charge in [0.15, 0.2) is 0 Å². The van der Waals surface area contributed by atoms with Crippen molar-refractivity contribution >= 4 is 27.3 Å². The first kappa shape index (κ1) is 19.5. The van der Waals surface area contributed by atoms with Gasteiger partial charge in [0.1, 0.15) is 0 Å². The molecule has 1 N–H and O–H groups in total. The van der Waals surface area contributed by atoms with E-state index >= 15 is 0 Å². The van der Waals surface area contributed by atoms with Crippen LogP contribution in [0.1, 0.15) is 19.3 Å². The van der Waals surface area contributed by atoms with Crippen molar-refractivity contribution in [3.8, 4) is 0 Å². The fourth-order valence-corrected chi connectivity index (χ4v) is 3.80. The summed E-state index contributed by atoms with van der Waals surface area (Å²) in [6, 6.07) is 7.49. The number of carbonyl (C=O) groups excluding carboxylic acids is 1. The zero-order chi connectivity index (χ0) is 18.3. The van der Waals surface area contributed by atoms with Crippen LogP contribution in [0.2, 0.25) is 0 Å². The van der Waals surface area contributed by atoms with Crippen molar-refractivity contribution in [1.29, 1.82) is 0 Å². The quantitative estimate of drug-likeness (QED) is 0.662. The maximum Gasteiger partial charge on any atom is 0.232 e. The van der Waals surface area contributed by atoms with Crippen molar-refractivity contribution in [2.45, 2.75) is 19.3 Å². The van der Waals surface area contributed by atoms with Crippen LogP contribution in [-0.4, -0.2) is 60.5 Å². The van der Waals surface area contributed by atoms with Crippen LogP contribution in [-0.2, 0) is 19.6 Å². The Morgan fingerprint density at radius 3 is 2.44 bits per heavy atom. The lowest BCUT2D eigenvalue weighted by atomic mass is 10.2. The number of carbonyl (C=O) groups is 1. The fraction of sp³-hybridized carbons (Fsp3) is 0.588. The Kier molecular flexibility index (Phi) is 7.07. The molecule has 0 aromatic heterocycles. The van der Waals surface area contributed by atoms with E-state index in [9.17, 15) is 13.2 Å². The van der Waals surface area contributed by atoms with E-state index in [1.165, 1.54) is 17.1 Å². The highest BCUT2D eigenvalue weighted by Crippen LogP contribution is 2.25. The molecule has 1 saturated heterocycles. The molecule has 1 aliphatic heterocycles. The second-order valence-electron chi connectivity index (χ2n) is 6.14. The molecule has 0 atom stereocenters. The molecular formula is C17H27N3O4S. The number of hydrogen-bond donors (Lipinski definition) is 1. The third-order valence-electron chi connectivity index (χ3n) is 4.18. The summed E-state index contributed by atoms with van der Waals surface area (Å²) in [7, 11) is -1.90. The summed E-state index contributed by atoms with van der Waals surface area (Å²) in [6.45, 7) is 3.03. The van der Waals surface area contributed by atoms with Crippen LogP contribution in [0, 0.1) is 0 Å². The first-order valence-electron chi connectivity index (χ1n) is 8.50. The molecule has 1 aromatic carbocycles. The van der Waals surface area contributed by atoms with Gasteiger partial charge in [-0.1, -0.05) is 0 Å². The highest BCUT2D eigenvalue weighted by atomic mass is 32.2. The molecular weight excluding hydrogens is 342 g/mol. The van der Waals surface area contributed by atoms with E-state index in [-0.39, 0.29) is 18.9 Å². The van der Waals surface area contributed by atoms with Crippen molar-refractivity contribution in [1.82, 2.24) is 5.32 Å². The Morgan fingerprint density at radius 2 is 1.88 bits per heavy atom. The number of nitrogens with zero attached hydrogens (tertiary/aromatic N) is 2. The van der Waals surface area contributed by atoms with E-state index in [0.717, 1.165) is 25.0 Å². The van der Waals surface area contributed by atoms with Gasteiger partial charge >= 0.3 is 0 Å². The highest BCUT2D eigenvalue weighted by Gasteiger charge is 2.19. The van der Waals surface area contributed by atoms with E-state index in [1.807, 2.05) is 12.1 Å². The third-order valence-corrected chi connectivity index (χ3v) is 5.37. The van der Waals surface area contributed by atoms with Gasteiger partial charge in [-0.25, -0.2) is 8.42 Å². The van der Waals surface area contributed by atoms with Gasteiger partial charge in [-0.05, 0) is 37.1 Å². The number of methoxy groups -OCH3 is 1. The monoisotopic (exact) mass is 369 g/mol. The molecule has 0 unspecified atom stereocenters. The van der Waals surface area contributed by atoms with Crippen LogP contribution in [0.3, 0.4) is 0 Å². The molecule has 0 bridgehead atoms. The minimum atomic E-state index is -3.46. The minimum Gasteiger partial charge on any atom is -0.383 e. The lowest BCUT2D eigenvalue weighted by Crippen LogP contribution is -2.35. The van der Waals surface area contributed by atoms with Crippen molar-refractivity contribution in [3.05, 3.63) is 24.3 Å². The lowest BCUT2D eigenvalue weighted by Gasteiger charge is -2.24. The Bertz CT molecular complexity index is 655. The normalized spacial score (nSPS) is 14.6. The topological polar surface area (TPSA) is 79.0 Å². The summed E-state index contributed by atoms with van der Waals surface area (Å²) < 4.78 is 30.4. The number of ether oxygens (including phenoxy) is 1. The van der Waals surface area contributed by atoms with E-state index < -0.39 is 10.0 Å². The number of hydrogen-bond acceptors (Lipinski definition) is 5. The molecule has 7 nitrogen and oxygen atoms in total. The first-order chi connectivity index (χ1) is 11.9. The van der Waals surface area contributed by atoms with Crippen molar-refractivity contribution in [3.63, 3.8) is 0 Å². The van der Waals surface area contributed by atoms with Gasteiger partial charge in [0.2, 0.25) is 15.9 Å². The van der Waals surface area contributed by atoms with Crippen LogP contribution in [0.15, 0.2) is 24.3 Å². The summed E-state index contributed by atoms with van der Waals surface area (Å²) in [5.41, 5.74) is 1.68. The lowest BCUT2D eigenvalue weighted by molar-refractivity contribution is -0.121. The SMILES string of the molecule is COCCNC(=O)CCN(c1ccc(N2CCCC2)cc1)S(C)(=O)=O. The fourth-order valence-electron chi connectivity index (χ4n) is 2.88. The van der Waals surface area contributed by atoms with Crippen molar-refractivity contribution in [2.75, 3.05) is 55.4 Å². The predicted molar refractivity (Wildman–Crippen MR) is 99.6 cm³/mol. The number of amides is 1. The Hall–Kier alpha value is -1.80. The van der Waals surface area contributed by atoms with Gasteiger partial charge in [-0.2, -0.15) is 0 Å². The molecule has 1 fully saturated rings. The van der Waals surface area contributed by atoms with Crippen LogP contribution >= 0.6 is 0 Å². The Morgan fingerprint density at radius 1 is 1.24 bits per heavy atom. The molecule has 1 aromatic rings. The summed E-state index contributed by atoms with van der Waals surface area (Å²) in [4.78, 5) is 14.1. The minimum absolute atomic E-state index is 0.102. The number of nitrogens with one attached hydrogen (secondary N) is 1. The van der Waals surface area contributed by atoms with Gasteiger partial charge in [-0.15, -0.1) is 0 Å². The first-order valence-corrected chi connectivity index (χ1v) is 10.3. The van der Waals surface area contributed by atoms with Crippen LogP contribution < -0.4 is 14.5 Å². The second-order valence-corrected chi connectivity index (χ2v) is 8.05. The van der Waals surface area contributed by atoms with E-state index in [0.29, 0.717) is 18.8 Å². The number of anilines is 2. The molecule has 1 amide bonds. The maximum absolute atomic E-state index is 12.1. The molecule has 1 aliphatic rings. The largest absolute Gasteiger partial charge is 0.383 e.